The maximum absolute atomic E-state index is 12.7. The zero-order valence-electron chi connectivity index (χ0n) is 18.4. The van der Waals surface area contributed by atoms with E-state index in [1.807, 2.05) is 24.3 Å². The fourth-order valence-electron chi connectivity index (χ4n) is 3.99. The standard InChI is InChI=1S/C25H33N3O2/c1-4-21-9-7-8-10-23(21)28-18-22(15-24(28)29)25(30)26-16-19-11-13-20(14-12-19)17-27(5-2)6-3/h7-14,22H,4-6,15-18H2,1-3H3,(H,26,30). The minimum Gasteiger partial charge on any atom is -0.352 e. The van der Waals surface area contributed by atoms with Crippen molar-refractivity contribution >= 4 is 17.5 Å². The van der Waals surface area contributed by atoms with Gasteiger partial charge in [0.1, 0.15) is 0 Å². The Balaban J connectivity index is 1.55. The van der Waals surface area contributed by atoms with Gasteiger partial charge in [-0.3, -0.25) is 14.5 Å². The number of hydrogen-bond acceptors (Lipinski definition) is 3. The number of rotatable bonds is 9. The summed E-state index contributed by atoms with van der Waals surface area (Å²) in [6, 6.07) is 16.3. The molecule has 30 heavy (non-hydrogen) atoms. The summed E-state index contributed by atoms with van der Waals surface area (Å²) in [6.07, 6.45) is 1.13. The Morgan fingerprint density at radius 2 is 1.70 bits per heavy atom. The number of nitrogens with one attached hydrogen (secondary N) is 1. The fourth-order valence-corrected chi connectivity index (χ4v) is 3.99. The van der Waals surface area contributed by atoms with Crippen molar-refractivity contribution in [3.63, 3.8) is 0 Å². The molecule has 0 aliphatic carbocycles. The molecule has 1 aliphatic heterocycles. The third-order valence-corrected chi connectivity index (χ3v) is 5.95. The summed E-state index contributed by atoms with van der Waals surface area (Å²) >= 11 is 0. The highest BCUT2D eigenvalue weighted by molar-refractivity contribution is 6.00. The van der Waals surface area contributed by atoms with Crippen molar-refractivity contribution in [3.8, 4) is 0 Å². The van der Waals surface area contributed by atoms with Crippen molar-refractivity contribution < 1.29 is 9.59 Å². The number of para-hydroxylation sites is 1. The van der Waals surface area contributed by atoms with E-state index in [9.17, 15) is 9.59 Å². The third-order valence-electron chi connectivity index (χ3n) is 5.95. The molecule has 160 valence electrons. The first-order chi connectivity index (χ1) is 14.5. The predicted octanol–water partition coefficient (Wildman–Crippen LogP) is 3.76. The van der Waals surface area contributed by atoms with Crippen molar-refractivity contribution in [2.75, 3.05) is 24.5 Å². The van der Waals surface area contributed by atoms with Crippen LogP contribution >= 0.6 is 0 Å². The van der Waals surface area contributed by atoms with Gasteiger partial charge in [-0.15, -0.1) is 0 Å². The first-order valence-electron chi connectivity index (χ1n) is 11.0. The smallest absolute Gasteiger partial charge is 0.227 e. The van der Waals surface area contributed by atoms with E-state index < -0.39 is 0 Å². The molecule has 1 heterocycles. The number of amides is 2. The first-order valence-corrected chi connectivity index (χ1v) is 11.0. The van der Waals surface area contributed by atoms with Crippen LogP contribution < -0.4 is 10.2 Å². The number of aryl methyl sites for hydroxylation is 1. The van der Waals surface area contributed by atoms with Crippen molar-refractivity contribution in [1.29, 1.82) is 0 Å². The van der Waals surface area contributed by atoms with Gasteiger partial charge in [0.2, 0.25) is 11.8 Å². The third kappa shape index (κ3) is 5.28. The van der Waals surface area contributed by atoms with Gasteiger partial charge in [-0.1, -0.05) is 63.2 Å². The van der Waals surface area contributed by atoms with Crippen LogP contribution in [0.3, 0.4) is 0 Å². The summed E-state index contributed by atoms with van der Waals surface area (Å²) < 4.78 is 0. The summed E-state index contributed by atoms with van der Waals surface area (Å²) in [6.45, 7) is 10.4. The molecule has 2 aromatic carbocycles. The summed E-state index contributed by atoms with van der Waals surface area (Å²) in [7, 11) is 0. The maximum Gasteiger partial charge on any atom is 0.227 e. The second kappa shape index (κ2) is 10.4. The van der Waals surface area contributed by atoms with Gasteiger partial charge in [0, 0.05) is 31.7 Å². The molecule has 0 saturated carbocycles. The van der Waals surface area contributed by atoms with Crippen LogP contribution in [0.2, 0.25) is 0 Å². The molecule has 1 aliphatic rings. The lowest BCUT2D eigenvalue weighted by atomic mass is 10.1. The van der Waals surface area contributed by atoms with E-state index in [4.69, 9.17) is 0 Å². The SMILES string of the molecule is CCc1ccccc1N1CC(C(=O)NCc2ccc(CN(CC)CC)cc2)CC1=O. The maximum atomic E-state index is 12.7. The summed E-state index contributed by atoms with van der Waals surface area (Å²) in [5.41, 5.74) is 4.42. The number of hydrogen-bond donors (Lipinski definition) is 1. The van der Waals surface area contributed by atoms with Crippen LogP contribution in [0.5, 0.6) is 0 Å². The van der Waals surface area contributed by atoms with Crippen LogP contribution in [0.4, 0.5) is 5.69 Å². The molecule has 0 spiro atoms. The highest BCUT2D eigenvalue weighted by atomic mass is 16.2. The largest absolute Gasteiger partial charge is 0.352 e. The van der Waals surface area contributed by atoms with E-state index in [0.717, 1.165) is 42.9 Å². The van der Waals surface area contributed by atoms with Gasteiger partial charge in [-0.2, -0.15) is 0 Å². The second-order valence-corrected chi connectivity index (χ2v) is 7.88. The second-order valence-electron chi connectivity index (χ2n) is 7.88. The molecule has 0 radical (unpaired) electrons. The average molecular weight is 408 g/mol. The molecule has 1 saturated heterocycles. The number of nitrogens with zero attached hydrogens (tertiary/aromatic N) is 2. The highest BCUT2D eigenvalue weighted by Crippen LogP contribution is 2.28. The molecular formula is C25H33N3O2. The van der Waals surface area contributed by atoms with Gasteiger partial charge < -0.3 is 10.2 Å². The lowest BCUT2D eigenvalue weighted by molar-refractivity contribution is -0.126. The molecule has 0 aromatic heterocycles. The van der Waals surface area contributed by atoms with E-state index in [1.54, 1.807) is 4.90 Å². The van der Waals surface area contributed by atoms with E-state index in [1.165, 1.54) is 5.56 Å². The van der Waals surface area contributed by atoms with E-state index in [2.05, 4.69) is 55.3 Å². The summed E-state index contributed by atoms with van der Waals surface area (Å²) in [4.78, 5) is 29.4. The Labute approximate surface area is 180 Å². The number of benzene rings is 2. The number of carbonyl (C=O) groups is 2. The van der Waals surface area contributed by atoms with Crippen molar-refractivity contribution in [1.82, 2.24) is 10.2 Å². The van der Waals surface area contributed by atoms with Gasteiger partial charge in [0.15, 0.2) is 0 Å². The van der Waals surface area contributed by atoms with Crippen molar-refractivity contribution in [2.24, 2.45) is 5.92 Å². The molecule has 5 nitrogen and oxygen atoms in total. The highest BCUT2D eigenvalue weighted by Gasteiger charge is 2.35. The molecule has 3 rings (SSSR count). The Bertz CT molecular complexity index is 859. The molecule has 0 bridgehead atoms. The van der Waals surface area contributed by atoms with Crippen LogP contribution in [0.15, 0.2) is 48.5 Å². The van der Waals surface area contributed by atoms with Gasteiger partial charge in [-0.05, 0) is 42.3 Å². The summed E-state index contributed by atoms with van der Waals surface area (Å²) in [5.74, 6) is -0.326. The Hall–Kier alpha value is -2.66. The Kier molecular flexibility index (Phi) is 7.63. The van der Waals surface area contributed by atoms with Gasteiger partial charge in [-0.25, -0.2) is 0 Å². The minimum atomic E-state index is -0.302. The molecule has 5 heteroatoms. The zero-order valence-corrected chi connectivity index (χ0v) is 18.4. The van der Waals surface area contributed by atoms with Gasteiger partial charge in [0.25, 0.3) is 0 Å². The average Bonchev–Trinajstić information content (AvgIpc) is 3.18. The lowest BCUT2D eigenvalue weighted by Gasteiger charge is -2.20. The van der Waals surface area contributed by atoms with Crippen molar-refractivity contribution in [3.05, 3.63) is 65.2 Å². The monoisotopic (exact) mass is 407 g/mol. The lowest BCUT2D eigenvalue weighted by Crippen LogP contribution is -2.32. The van der Waals surface area contributed by atoms with Crippen LogP contribution in [-0.4, -0.2) is 36.3 Å². The normalized spacial score (nSPS) is 16.3. The van der Waals surface area contributed by atoms with Crippen LogP contribution in [0, 0.1) is 5.92 Å². The van der Waals surface area contributed by atoms with Crippen LogP contribution in [0.1, 0.15) is 43.9 Å². The molecule has 1 unspecified atom stereocenters. The Morgan fingerprint density at radius 3 is 2.37 bits per heavy atom. The molecule has 1 N–H and O–H groups in total. The predicted molar refractivity (Wildman–Crippen MR) is 121 cm³/mol. The van der Waals surface area contributed by atoms with Crippen LogP contribution in [0.25, 0.3) is 0 Å². The molecular weight excluding hydrogens is 374 g/mol. The van der Waals surface area contributed by atoms with Gasteiger partial charge in [0.05, 0.1) is 5.92 Å². The van der Waals surface area contributed by atoms with E-state index >= 15 is 0 Å². The van der Waals surface area contributed by atoms with Crippen molar-refractivity contribution in [2.45, 2.75) is 46.7 Å². The quantitative estimate of drug-likeness (QED) is 0.689. The topological polar surface area (TPSA) is 52.7 Å². The fraction of sp³-hybridized carbons (Fsp3) is 0.440. The minimum absolute atomic E-state index is 0.0248. The zero-order chi connectivity index (χ0) is 21.5. The first kappa shape index (κ1) is 22.0. The molecule has 1 atom stereocenters. The summed E-state index contributed by atoms with van der Waals surface area (Å²) in [5, 5.41) is 3.02. The van der Waals surface area contributed by atoms with Gasteiger partial charge >= 0.3 is 0 Å². The Morgan fingerprint density at radius 1 is 1.03 bits per heavy atom. The van der Waals surface area contributed by atoms with E-state index in [0.29, 0.717) is 13.1 Å². The molecule has 2 amide bonds. The van der Waals surface area contributed by atoms with Crippen LogP contribution in [-0.2, 0) is 29.1 Å². The number of anilines is 1. The van der Waals surface area contributed by atoms with E-state index in [-0.39, 0.29) is 24.2 Å². The number of carbonyl (C=O) groups excluding carboxylic acids is 2. The molecule has 2 aromatic rings. The molecule has 1 fully saturated rings.